The number of benzene rings is 1. The number of halogens is 3. The SMILES string of the molecule is CC1CC(Cc2cccc(C(F)(F)F)c2)NC1=O. The molecule has 0 bridgehead atoms. The van der Waals surface area contributed by atoms with Gasteiger partial charge in [-0.1, -0.05) is 25.1 Å². The number of nitrogens with one attached hydrogen (secondary N) is 1. The van der Waals surface area contributed by atoms with Crippen molar-refractivity contribution in [3.05, 3.63) is 35.4 Å². The van der Waals surface area contributed by atoms with E-state index in [0.29, 0.717) is 18.4 Å². The zero-order chi connectivity index (χ0) is 13.3. The average molecular weight is 257 g/mol. The van der Waals surface area contributed by atoms with E-state index in [0.717, 1.165) is 12.1 Å². The van der Waals surface area contributed by atoms with Crippen molar-refractivity contribution in [3.63, 3.8) is 0 Å². The number of carbonyl (C=O) groups excluding carboxylic acids is 1. The van der Waals surface area contributed by atoms with Crippen LogP contribution >= 0.6 is 0 Å². The molecule has 5 heteroatoms. The summed E-state index contributed by atoms with van der Waals surface area (Å²) < 4.78 is 37.6. The number of amides is 1. The van der Waals surface area contributed by atoms with Crippen LogP contribution in [0.1, 0.15) is 24.5 Å². The monoisotopic (exact) mass is 257 g/mol. The van der Waals surface area contributed by atoms with Gasteiger partial charge in [0.05, 0.1) is 5.56 Å². The minimum absolute atomic E-state index is 0.0213. The fourth-order valence-corrected chi connectivity index (χ4v) is 2.23. The highest BCUT2D eigenvalue weighted by molar-refractivity contribution is 5.80. The molecule has 2 nitrogen and oxygen atoms in total. The minimum Gasteiger partial charge on any atom is -0.353 e. The van der Waals surface area contributed by atoms with Gasteiger partial charge >= 0.3 is 6.18 Å². The van der Waals surface area contributed by atoms with Crippen LogP contribution in [0, 0.1) is 5.92 Å². The summed E-state index contributed by atoms with van der Waals surface area (Å²) in [7, 11) is 0. The standard InChI is InChI=1S/C13H14F3NO/c1-8-5-11(17-12(8)18)7-9-3-2-4-10(6-9)13(14,15)16/h2-4,6,8,11H,5,7H2,1H3,(H,17,18). The Balaban J connectivity index is 2.09. The molecule has 2 atom stereocenters. The van der Waals surface area contributed by atoms with E-state index >= 15 is 0 Å². The quantitative estimate of drug-likeness (QED) is 0.867. The molecule has 1 saturated heterocycles. The second-order valence-electron chi connectivity index (χ2n) is 4.74. The molecular weight excluding hydrogens is 243 g/mol. The van der Waals surface area contributed by atoms with Crippen LogP contribution < -0.4 is 5.32 Å². The largest absolute Gasteiger partial charge is 0.416 e. The van der Waals surface area contributed by atoms with Crippen molar-refractivity contribution in [2.45, 2.75) is 32.0 Å². The lowest BCUT2D eigenvalue weighted by atomic mass is 9.99. The molecule has 1 fully saturated rings. The summed E-state index contributed by atoms with van der Waals surface area (Å²) in [6.07, 6.45) is -3.20. The molecule has 2 unspecified atom stereocenters. The summed E-state index contributed by atoms with van der Waals surface area (Å²) in [5, 5.41) is 2.79. The molecule has 2 rings (SSSR count). The minimum atomic E-state index is -4.32. The van der Waals surface area contributed by atoms with E-state index in [1.165, 1.54) is 6.07 Å². The van der Waals surface area contributed by atoms with Crippen LogP contribution in [0.15, 0.2) is 24.3 Å². The molecule has 0 aromatic heterocycles. The maximum Gasteiger partial charge on any atom is 0.416 e. The Hall–Kier alpha value is -1.52. The molecule has 0 aliphatic carbocycles. The third kappa shape index (κ3) is 2.83. The first-order chi connectivity index (χ1) is 8.36. The highest BCUT2D eigenvalue weighted by Crippen LogP contribution is 2.30. The molecule has 1 amide bonds. The van der Waals surface area contributed by atoms with Crippen LogP contribution in [-0.4, -0.2) is 11.9 Å². The lowest BCUT2D eigenvalue weighted by Crippen LogP contribution is -2.27. The van der Waals surface area contributed by atoms with Gasteiger partial charge in [-0.3, -0.25) is 4.79 Å². The molecule has 0 radical (unpaired) electrons. The van der Waals surface area contributed by atoms with E-state index in [2.05, 4.69) is 5.32 Å². The predicted molar refractivity (Wildman–Crippen MR) is 60.9 cm³/mol. The van der Waals surface area contributed by atoms with Gasteiger partial charge in [-0.15, -0.1) is 0 Å². The first-order valence-corrected chi connectivity index (χ1v) is 5.83. The molecular formula is C13H14F3NO. The third-order valence-corrected chi connectivity index (χ3v) is 3.17. The average Bonchev–Trinajstić information content (AvgIpc) is 2.57. The summed E-state index contributed by atoms with van der Waals surface area (Å²) in [6.45, 7) is 1.82. The van der Waals surface area contributed by atoms with Crippen molar-refractivity contribution >= 4 is 5.91 Å². The lowest BCUT2D eigenvalue weighted by Gasteiger charge is -2.12. The topological polar surface area (TPSA) is 29.1 Å². The van der Waals surface area contributed by atoms with Crippen LogP contribution in [0.25, 0.3) is 0 Å². The van der Waals surface area contributed by atoms with Crippen molar-refractivity contribution < 1.29 is 18.0 Å². The Kier molecular flexibility index (Phi) is 3.32. The number of alkyl halides is 3. The van der Waals surface area contributed by atoms with Crippen molar-refractivity contribution in [3.8, 4) is 0 Å². The summed E-state index contributed by atoms with van der Waals surface area (Å²) in [4.78, 5) is 11.3. The lowest BCUT2D eigenvalue weighted by molar-refractivity contribution is -0.137. The second-order valence-corrected chi connectivity index (χ2v) is 4.74. The number of hydrogen-bond acceptors (Lipinski definition) is 1. The van der Waals surface area contributed by atoms with Gasteiger partial charge in [0.1, 0.15) is 0 Å². The molecule has 1 aliphatic heterocycles. The van der Waals surface area contributed by atoms with Gasteiger partial charge in [0.15, 0.2) is 0 Å². The van der Waals surface area contributed by atoms with Gasteiger partial charge < -0.3 is 5.32 Å². The van der Waals surface area contributed by atoms with E-state index in [4.69, 9.17) is 0 Å². The van der Waals surface area contributed by atoms with Crippen molar-refractivity contribution in [1.82, 2.24) is 5.32 Å². The van der Waals surface area contributed by atoms with Gasteiger partial charge in [0.25, 0.3) is 0 Å². The van der Waals surface area contributed by atoms with E-state index in [-0.39, 0.29) is 17.9 Å². The van der Waals surface area contributed by atoms with Gasteiger partial charge in [-0.2, -0.15) is 13.2 Å². The fraction of sp³-hybridized carbons (Fsp3) is 0.462. The van der Waals surface area contributed by atoms with Crippen LogP contribution in [0.4, 0.5) is 13.2 Å². The van der Waals surface area contributed by atoms with Crippen molar-refractivity contribution in [2.75, 3.05) is 0 Å². The summed E-state index contributed by atoms with van der Waals surface area (Å²) >= 11 is 0. The maximum atomic E-state index is 12.5. The first-order valence-electron chi connectivity index (χ1n) is 5.83. The molecule has 1 aromatic rings. The number of carbonyl (C=O) groups is 1. The molecule has 0 spiro atoms. The summed E-state index contributed by atoms with van der Waals surface area (Å²) in [6, 6.07) is 5.20. The molecule has 0 saturated carbocycles. The van der Waals surface area contributed by atoms with Gasteiger partial charge in [0, 0.05) is 12.0 Å². The summed E-state index contributed by atoms with van der Waals surface area (Å²) in [5.41, 5.74) is -0.0402. The predicted octanol–water partition coefficient (Wildman–Crippen LogP) is 2.77. The number of hydrogen-bond donors (Lipinski definition) is 1. The van der Waals surface area contributed by atoms with Gasteiger partial charge in [0.2, 0.25) is 5.91 Å². The summed E-state index contributed by atoms with van der Waals surface area (Å²) in [5.74, 6) is -0.0761. The van der Waals surface area contributed by atoms with E-state index in [1.54, 1.807) is 6.07 Å². The Morgan fingerprint density at radius 1 is 1.39 bits per heavy atom. The van der Waals surface area contributed by atoms with Crippen molar-refractivity contribution in [2.24, 2.45) is 5.92 Å². The van der Waals surface area contributed by atoms with Crippen LogP contribution in [0.5, 0.6) is 0 Å². The van der Waals surface area contributed by atoms with Gasteiger partial charge in [-0.25, -0.2) is 0 Å². The van der Waals surface area contributed by atoms with E-state index in [9.17, 15) is 18.0 Å². The molecule has 98 valence electrons. The van der Waals surface area contributed by atoms with Crippen LogP contribution in [0.2, 0.25) is 0 Å². The Bertz CT molecular complexity index is 456. The normalized spacial score (nSPS) is 24.1. The molecule has 1 heterocycles. The Morgan fingerprint density at radius 3 is 2.67 bits per heavy atom. The Morgan fingerprint density at radius 2 is 2.11 bits per heavy atom. The highest BCUT2D eigenvalue weighted by atomic mass is 19.4. The molecule has 18 heavy (non-hydrogen) atoms. The maximum absolute atomic E-state index is 12.5. The smallest absolute Gasteiger partial charge is 0.353 e. The highest BCUT2D eigenvalue weighted by Gasteiger charge is 2.31. The molecule has 1 N–H and O–H groups in total. The first kappa shape index (κ1) is 12.9. The van der Waals surface area contributed by atoms with Crippen LogP contribution in [-0.2, 0) is 17.4 Å². The number of rotatable bonds is 2. The van der Waals surface area contributed by atoms with Gasteiger partial charge in [-0.05, 0) is 24.5 Å². The molecule has 1 aromatic carbocycles. The van der Waals surface area contributed by atoms with E-state index < -0.39 is 11.7 Å². The Labute approximate surface area is 103 Å². The van der Waals surface area contributed by atoms with Crippen LogP contribution in [0.3, 0.4) is 0 Å². The second kappa shape index (κ2) is 4.63. The fourth-order valence-electron chi connectivity index (χ4n) is 2.23. The van der Waals surface area contributed by atoms with E-state index in [1.807, 2.05) is 6.92 Å². The van der Waals surface area contributed by atoms with Crippen molar-refractivity contribution in [1.29, 1.82) is 0 Å². The molecule has 1 aliphatic rings. The zero-order valence-electron chi connectivity index (χ0n) is 9.92. The zero-order valence-corrected chi connectivity index (χ0v) is 9.92. The third-order valence-electron chi connectivity index (χ3n) is 3.17.